The second-order valence-corrected chi connectivity index (χ2v) is 5.47. The summed E-state index contributed by atoms with van der Waals surface area (Å²) < 4.78 is 11.6. The van der Waals surface area contributed by atoms with E-state index >= 15 is 0 Å². The highest BCUT2D eigenvalue weighted by molar-refractivity contribution is 6.32. The number of ether oxygens (including phenoxy) is 2. The van der Waals surface area contributed by atoms with Gasteiger partial charge in [0.1, 0.15) is 18.1 Å². The van der Waals surface area contributed by atoms with Crippen molar-refractivity contribution in [2.24, 2.45) is 5.73 Å². The first kappa shape index (κ1) is 14.2. The Morgan fingerprint density at radius 1 is 1.24 bits per heavy atom. The SMILES string of the molecule is NC[C@@]1(O)COc2ccccc2[C@H]1Oc1ccccc1Cl. The second kappa shape index (κ2) is 5.56. The van der Waals surface area contributed by atoms with Crippen molar-refractivity contribution in [1.82, 2.24) is 0 Å². The Kier molecular flexibility index (Phi) is 3.76. The van der Waals surface area contributed by atoms with Crippen molar-refractivity contribution in [2.45, 2.75) is 11.7 Å². The first-order chi connectivity index (χ1) is 10.1. The monoisotopic (exact) mass is 305 g/mol. The molecule has 0 amide bonds. The van der Waals surface area contributed by atoms with E-state index in [4.69, 9.17) is 26.8 Å². The van der Waals surface area contributed by atoms with E-state index in [9.17, 15) is 5.11 Å². The van der Waals surface area contributed by atoms with Gasteiger partial charge in [-0.2, -0.15) is 0 Å². The largest absolute Gasteiger partial charge is 0.490 e. The molecule has 21 heavy (non-hydrogen) atoms. The highest BCUT2D eigenvalue weighted by atomic mass is 35.5. The summed E-state index contributed by atoms with van der Waals surface area (Å²) >= 11 is 6.14. The van der Waals surface area contributed by atoms with Crippen LogP contribution in [-0.4, -0.2) is 23.9 Å². The number of nitrogens with two attached hydrogens (primary N) is 1. The average Bonchev–Trinajstić information content (AvgIpc) is 2.52. The van der Waals surface area contributed by atoms with E-state index < -0.39 is 11.7 Å². The average molecular weight is 306 g/mol. The standard InChI is InChI=1S/C16H16ClNO3/c17-12-6-2-4-8-14(12)21-15-11-5-1-3-7-13(11)20-10-16(15,19)9-18/h1-8,15,19H,9-10,18H2/t15-,16-/m1/s1. The van der Waals surface area contributed by atoms with E-state index in [1.807, 2.05) is 36.4 Å². The molecule has 4 nitrogen and oxygen atoms in total. The van der Waals surface area contributed by atoms with Gasteiger partial charge in [0.2, 0.25) is 0 Å². The van der Waals surface area contributed by atoms with Crippen LogP contribution in [0.2, 0.25) is 5.02 Å². The van der Waals surface area contributed by atoms with E-state index in [1.165, 1.54) is 0 Å². The molecule has 0 saturated heterocycles. The predicted molar refractivity (Wildman–Crippen MR) is 80.8 cm³/mol. The van der Waals surface area contributed by atoms with Crippen molar-refractivity contribution < 1.29 is 14.6 Å². The van der Waals surface area contributed by atoms with Crippen molar-refractivity contribution in [3.05, 3.63) is 59.1 Å². The van der Waals surface area contributed by atoms with Gasteiger partial charge in [0, 0.05) is 12.1 Å². The molecule has 0 saturated carbocycles. The maximum Gasteiger partial charge on any atom is 0.161 e. The van der Waals surface area contributed by atoms with E-state index in [0.29, 0.717) is 16.5 Å². The van der Waals surface area contributed by atoms with E-state index in [2.05, 4.69) is 0 Å². The fourth-order valence-corrected chi connectivity index (χ4v) is 2.58. The van der Waals surface area contributed by atoms with Gasteiger partial charge >= 0.3 is 0 Å². The normalized spacial score (nSPS) is 24.0. The maximum absolute atomic E-state index is 10.7. The molecule has 3 rings (SSSR count). The summed E-state index contributed by atoms with van der Waals surface area (Å²) in [6.07, 6.45) is -0.632. The molecule has 0 bridgehead atoms. The third-order valence-electron chi connectivity index (χ3n) is 3.60. The van der Waals surface area contributed by atoms with Crippen LogP contribution in [0.5, 0.6) is 11.5 Å². The summed E-state index contributed by atoms with van der Waals surface area (Å²) in [7, 11) is 0. The quantitative estimate of drug-likeness (QED) is 0.914. The molecule has 0 aliphatic carbocycles. The molecule has 1 aliphatic heterocycles. The van der Waals surface area contributed by atoms with Crippen molar-refractivity contribution in [1.29, 1.82) is 0 Å². The van der Waals surface area contributed by atoms with Gasteiger partial charge in [0.25, 0.3) is 0 Å². The van der Waals surface area contributed by atoms with Crippen LogP contribution in [0.25, 0.3) is 0 Å². The molecule has 0 spiro atoms. The van der Waals surface area contributed by atoms with E-state index in [1.54, 1.807) is 12.1 Å². The Morgan fingerprint density at radius 3 is 2.71 bits per heavy atom. The topological polar surface area (TPSA) is 64.7 Å². The zero-order valence-corrected chi connectivity index (χ0v) is 12.1. The lowest BCUT2D eigenvalue weighted by molar-refractivity contribution is -0.0967. The summed E-state index contributed by atoms with van der Waals surface area (Å²) in [5, 5.41) is 11.2. The number of hydrogen-bond donors (Lipinski definition) is 2. The van der Waals surface area contributed by atoms with Gasteiger partial charge in [-0.3, -0.25) is 0 Å². The van der Waals surface area contributed by atoms with Crippen LogP contribution in [0.15, 0.2) is 48.5 Å². The minimum absolute atomic E-state index is 0.0243. The first-order valence-electron chi connectivity index (χ1n) is 6.69. The summed E-state index contributed by atoms with van der Waals surface area (Å²) in [6, 6.07) is 14.6. The molecule has 0 unspecified atom stereocenters. The third kappa shape index (κ3) is 2.58. The Bertz CT molecular complexity index is 649. The first-order valence-corrected chi connectivity index (χ1v) is 7.07. The molecule has 0 radical (unpaired) electrons. The lowest BCUT2D eigenvalue weighted by atomic mass is 9.88. The van der Waals surface area contributed by atoms with Crippen molar-refractivity contribution >= 4 is 11.6 Å². The third-order valence-corrected chi connectivity index (χ3v) is 3.91. The van der Waals surface area contributed by atoms with Gasteiger partial charge in [-0.25, -0.2) is 0 Å². The smallest absolute Gasteiger partial charge is 0.161 e. The van der Waals surface area contributed by atoms with Crippen LogP contribution in [0.4, 0.5) is 0 Å². The van der Waals surface area contributed by atoms with Crippen molar-refractivity contribution in [3.8, 4) is 11.5 Å². The van der Waals surface area contributed by atoms with Crippen LogP contribution >= 0.6 is 11.6 Å². The van der Waals surface area contributed by atoms with Gasteiger partial charge in [-0.1, -0.05) is 41.9 Å². The Labute approximate surface area is 128 Å². The number of fused-ring (bicyclic) bond motifs is 1. The summed E-state index contributed by atoms with van der Waals surface area (Å²) in [5.41, 5.74) is 5.20. The van der Waals surface area contributed by atoms with Gasteiger partial charge in [-0.15, -0.1) is 0 Å². The van der Waals surface area contributed by atoms with Gasteiger partial charge in [0.15, 0.2) is 11.7 Å². The molecule has 1 aliphatic rings. The molecule has 5 heteroatoms. The van der Waals surface area contributed by atoms with Crippen LogP contribution in [-0.2, 0) is 0 Å². The number of hydrogen-bond acceptors (Lipinski definition) is 4. The molecular weight excluding hydrogens is 290 g/mol. The highest BCUT2D eigenvalue weighted by Crippen LogP contribution is 2.41. The minimum atomic E-state index is -1.30. The second-order valence-electron chi connectivity index (χ2n) is 5.06. The van der Waals surface area contributed by atoms with Gasteiger partial charge in [-0.05, 0) is 18.2 Å². The van der Waals surface area contributed by atoms with Gasteiger partial charge < -0.3 is 20.3 Å². The Morgan fingerprint density at radius 2 is 1.95 bits per heavy atom. The number of aliphatic hydroxyl groups is 1. The highest BCUT2D eigenvalue weighted by Gasteiger charge is 2.44. The fraction of sp³-hybridized carbons (Fsp3) is 0.250. The molecule has 110 valence electrons. The molecular formula is C16H16ClNO3. The molecule has 0 aromatic heterocycles. The summed E-state index contributed by atoms with van der Waals surface area (Å²) in [6.45, 7) is 0.103. The number of rotatable bonds is 3. The number of benzene rings is 2. The maximum atomic E-state index is 10.7. The van der Waals surface area contributed by atoms with Crippen LogP contribution < -0.4 is 15.2 Å². The summed E-state index contributed by atoms with van der Waals surface area (Å²) in [4.78, 5) is 0. The Hall–Kier alpha value is -1.75. The zero-order valence-electron chi connectivity index (χ0n) is 11.3. The number of halogens is 1. The van der Waals surface area contributed by atoms with E-state index in [-0.39, 0.29) is 13.2 Å². The summed E-state index contributed by atoms with van der Waals surface area (Å²) in [5.74, 6) is 1.19. The fourth-order valence-electron chi connectivity index (χ4n) is 2.40. The predicted octanol–water partition coefficient (Wildman–Crippen LogP) is 2.54. The van der Waals surface area contributed by atoms with E-state index in [0.717, 1.165) is 5.56 Å². The zero-order chi connectivity index (χ0) is 14.9. The Balaban J connectivity index is 2.02. The molecule has 2 aromatic rings. The van der Waals surface area contributed by atoms with Crippen LogP contribution in [0.1, 0.15) is 11.7 Å². The molecule has 2 atom stereocenters. The molecule has 3 N–H and O–H groups in total. The van der Waals surface area contributed by atoms with Crippen LogP contribution in [0.3, 0.4) is 0 Å². The van der Waals surface area contributed by atoms with Crippen LogP contribution in [0, 0.1) is 0 Å². The lowest BCUT2D eigenvalue weighted by Gasteiger charge is -2.39. The minimum Gasteiger partial charge on any atom is -0.490 e. The molecule has 0 fully saturated rings. The molecule has 1 heterocycles. The lowest BCUT2D eigenvalue weighted by Crippen LogP contribution is -2.52. The van der Waals surface area contributed by atoms with Gasteiger partial charge in [0.05, 0.1) is 5.02 Å². The molecule has 2 aromatic carbocycles. The number of para-hydroxylation sites is 2. The van der Waals surface area contributed by atoms with Crippen molar-refractivity contribution in [2.75, 3.05) is 13.2 Å². The van der Waals surface area contributed by atoms with Crippen molar-refractivity contribution in [3.63, 3.8) is 0 Å².